The number of anilines is 1. The zero-order chi connectivity index (χ0) is 12.5. The Labute approximate surface area is 104 Å². The summed E-state index contributed by atoms with van der Waals surface area (Å²) in [5, 5.41) is 0. The van der Waals surface area contributed by atoms with Crippen LogP contribution in [0.2, 0.25) is 0 Å². The van der Waals surface area contributed by atoms with Crippen molar-refractivity contribution in [1.29, 1.82) is 0 Å². The van der Waals surface area contributed by atoms with Crippen LogP contribution < -0.4 is 10.6 Å². The van der Waals surface area contributed by atoms with Gasteiger partial charge < -0.3 is 10.6 Å². The highest BCUT2D eigenvalue weighted by Gasteiger charge is 2.30. The van der Waals surface area contributed by atoms with Gasteiger partial charge in [0.15, 0.2) is 0 Å². The minimum Gasteiger partial charge on any atom is -0.356 e. The predicted molar refractivity (Wildman–Crippen MR) is 72.1 cm³/mol. The number of aryl methyl sites for hydroxylation is 1. The Morgan fingerprint density at radius 2 is 2.18 bits per heavy atom. The van der Waals surface area contributed by atoms with E-state index >= 15 is 0 Å². The van der Waals surface area contributed by atoms with Gasteiger partial charge in [0, 0.05) is 25.3 Å². The van der Waals surface area contributed by atoms with Gasteiger partial charge in [0.25, 0.3) is 0 Å². The van der Waals surface area contributed by atoms with Gasteiger partial charge in [0.05, 0.1) is 0 Å². The topological polar surface area (TPSA) is 42.1 Å². The van der Waals surface area contributed by atoms with Crippen LogP contribution in [-0.4, -0.2) is 18.1 Å². The molecule has 3 nitrogen and oxygen atoms in total. The Morgan fingerprint density at radius 3 is 2.71 bits per heavy atom. The summed E-state index contributed by atoms with van der Waals surface area (Å²) in [6.07, 6.45) is 2.21. The third-order valence-corrected chi connectivity index (χ3v) is 3.52. The zero-order valence-electron chi connectivity index (χ0n) is 11.2. The molecule has 0 radical (unpaired) electrons. The van der Waals surface area contributed by atoms with Crippen LogP contribution in [0, 0.1) is 5.41 Å². The van der Waals surface area contributed by atoms with Crippen LogP contribution in [0.4, 0.5) is 5.82 Å². The molecule has 0 aromatic carbocycles. The molecule has 0 saturated carbocycles. The fourth-order valence-electron chi connectivity index (χ4n) is 2.40. The van der Waals surface area contributed by atoms with Gasteiger partial charge in [0.2, 0.25) is 0 Å². The van der Waals surface area contributed by atoms with E-state index < -0.39 is 0 Å². The van der Waals surface area contributed by atoms with E-state index in [0.29, 0.717) is 12.0 Å². The largest absolute Gasteiger partial charge is 0.356 e. The van der Waals surface area contributed by atoms with Crippen LogP contribution >= 0.6 is 0 Å². The summed E-state index contributed by atoms with van der Waals surface area (Å²) in [4.78, 5) is 7.10. The number of nitrogens with two attached hydrogens (primary N) is 1. The average Bonchev–Trinajstić information content (AvgIpc) is 2.69. The van der Waals surface area contributed by atoms with Gasteiger partial charge in [-0.1, -0.05) is 20.8 Å². The van der Waals surface area contributed by atoms with E-state index in [4.69, 9.17) is 10.7 Å². The molecule has 1 saturated heterocycles. The van der Waals surface area contributed by atoms with Gasteiger partial charge >= 0.3 is 0 Å². The highest BCUT2D eigenvalue weighted by Crippen LogP contribution is 2.32. The summed E-state index contributed by atoms with van der Waals surface area (Å²) in [5.41, 5.74) is 8.49. The van der Waals surface area contributed by atoms with Gasteiger partial charge in [0.1, 0.15) is 5.82 Å². The van der Waals surface area contributed by atoms with Gasteiger partial charge in [-0.3, -0.25) is 0 Å². The van der Waals surface area contributed by atoms with Crippen molar-refractivity contribution in [2.24, 2.45) is 11.1 Å². The molecule has 3 heteroatoms. The summed E-state index contributed by atoms with van der Waals surface area (Å²) in [5.74, 6) is 1.11. The van der Waals surface area contributed by atoms with E-state index in [2.05, 4.69) is 37.8 Å². The van der Waals surface area contributed by atoms with E-state index in [1.807, 2.05) is 0 Å². The van der Waals surface area contributed by atoms with E-state index in [9.17, 15) is 0 Å². The Hall–Kier alpha value is -1.09. The lowest BCUT2D eigenvalue weighted by molar-refractivity contribution is 0.418. The molecule has 1 aromatic rings. The number of hydrogen-bond donors (Lipinski definition) is 1. The Morgan fingerprint density at radius 1 is 1.41 bits per heavy atom. The summed E-state index contributed by atoms with van der Waals surface area (Å²) < 4.78 is 0. The van der Waals surface area contributed by atoms with Crippen LogP contribution in [0.1, 0.15) is 38.4 Å². The predicted octanol–water partition coefficient (Wildman–Crippen LogP) is 2.34. The quantitative estimate of drug-likeness (QED) is 0.871. The molecular formula is C14H23N3. The lowest BCUT2D eigenvalue weighted by Crippen LogP contribution is -2.24. The maximum atomic E-state index is 5.75. The number of aromatic nitrogens is 1. The summed E-state index contributed by atoms with van der Waals surface area (Å²) >= 11 is 0. The van der Waals surface area contributed by atoms with Crippen LogP contribution in [-0.2, 0) is 13.0 Å². The first kappa shape index (κ1) is 12.4. The lowest BCUT2D eigenvalue weighted by Gasteiger charge is -2.21. The first-order valence-corrected chi connectivity index (χ1v) is 6.49. The Bertz CT molecular complexity index is 376. The zero-order valence-corrected chi connectivity index (χ0v) is 11.2. The van der Waals surface area contributed by atoms with Crippen molar-refractivity contribution >= 4 is 5.82 Å². The summed E-state index contributed by atoms with van der Waals surface area (Å²) in [6, 6.07) is 4.26. The van der Waals surface area contributed by atoms with Crippen LogP contribution in [0.5, 0.6) is 0 Å². The van der Waals surface area contributed by atoms with Crippen molar-refractivity contribution in [2.45, 2.75) is 40.2 Å². The maximum Gasteiger partial charge on any atom is 0.129 e. The molecule has 17 heavy (non-hydrogen) atoms. The number of hydrogen-bond acceptors (Lipinski definition) is 3. The minimum absolute atomic E-state index is 0.410. The number of rotatable bonds is 3. The molecule has 2 N–H and O–H groups in total. The molecule has 0 spiro atoms. The van der Waals surface area contributed by atoms with Gasteiger partial charge in [-0.25, -0.2) is 4.98 Å². The van der Waals surface area contributed by atoms with E-state index in [-0.39, 0.29) is 0 Å². The normalized spacial score (nSPS) is 18.7. The smallest absolute Gasteiger partial charge is 0.129 e. The van der Waals surface area contributed by atoms with Crippen LogP contribution in [0.3, 0.4) is 0 Å². The first-order valence-electron chi connectivity index (χ1n) is 6.49. The molecule has 0 aliphatic carbocycles. The second-order valence-electron chi connectivity index (χ2n) is 5.72. The van der Waals surface area contributed by atoms with Gasteiger partial charge in [-0.2, -0.15) is 0 Å². The monoisotopic (exact) mass is 233 g/mol. The fourth-order valence-corrected chi connectivity index (χ4v) is 2.40. The number of nitrogens with zero attached hydrogens (tertiary/aromatic N) is 2. The summed E-state index contributed by atoms with van der Waals surface area (Å²) in [7, 11) is 0. The standard InChI is InChI=1S/C14H23N3/c1-4-12-7-11(9-15)8-13(16-12)17-6-5-14(2,3)10-17/h7-8H,4-6,9-10,15H2,1-3H3. The lowest BCUT2D eigenvalue weighted by atomic mass is 9.93. The van der Waals surface area contributed by atoms with Crippen molar-refractivity contribution < 1.29 is 0 Å². The molecule has 2 heterocycles. The maximum absolute atomic E-state index is 5.75. The molecule has 1 aliphatic heterocycles. The van der Waals surface area contributed by atoms with Gasteiger partial charge in [-0.15, -0.1) is 0 Å². The molecule has 94 valence electrons. The molecule has 0 atom stereocenters. The summed E-state index contributed by atoms with van der Waals surface area (Å²) in [6.45, 7) is 9.58. The van der Waals surface area contributed by atoms with Crippen molar-refractivity contribution in [1.82, 2.24) is 4.98 Å². The Kier molecular flexibility index (Phi) is 3.38. The van der Waals surface area contributed by atoms with Gasteiger partial charge in [-0.05, 0) is 36.0 Å². The Balaban J connectivity index is 2.26. The minimum atomic E-state index is 0.410. The van der Waals surface area contributed by atoms with Crippen molar-refractivity contribution in [2.75, 3.05) is 18.0 Å². The fraction of sp³-hybridized carbons (Fsp3) is 0.643. The van der Waals surface area contributed by atoms with Crippen molar-refractivity contribution in [3.63, 3.8) is 0 Å². The second kappa shape index (κ2) is 4.65. The second-order valence-corrected chi connectivity index (χ2v) is 5.72. The van der Waals surface area contributed by atoms with Crippen LogP contribution in [0.25, 0.3) is 0 Å². The molecular weight excluding hydrogens is 210 g/mol. The van der Waals surface area contributed by atoms with E-state index in [0.717, 1.165) is 31.0 Å². The third kappa shape index (κ3) is 2.78. The molecule has 0 unspecified atom stereocenters. The SMILES string of the molecule is CCc1cc(CN)cc(N2CCC(C)(C)C2)n1. The molecule has 1 fully saturated rings. The van der Waals surface area contributed by atoms with E-state index in [1.165, 1.54) is 12.0 Å². The molecule has 1 aliphatic rings. The third-order valence-electron chi connectivity index (χ3n) is 3.52. The number of pyridine rings is 1. The van der Waals surface area contributed by atoms with Crippen molar-refractivity contribution in [3.05, 3.63) is 23.4 Å². The molecule has 0 amide bonds. The molecule has 1 aromatic heterocycles. The van der Waals surface area contributed by atoms with Crippen molar-refractivity contribution in [3.8, 4) is 0 Å². The highest BCUT2D eigenvalue weighted by atomic mass is 15.2. The van der Waals surface area contributed by atoms with E-state index in [1.54, 1.807) is 0 Å². The average molecular weight is 233 g/mol. The molecule has 2 rings (SSSR count). The molecule has 0 bridgehead atoms. The first-order chi connectivity index (χ1) is 8.04. The van der Waals surface area contributed by atoms with Crippen LogP contribution in [0.15, 0.2) is 12.1 Å². The highest BCUT2D eigenvalue weighted by molar-refractivity contribution is 5.44.